The summed E-state index contributed by atoms with van der Waals surface area (Å²) >= 11 is 1.32. The first-order valence-corrected chi connectivity index (χ1v) is 7.81. The predicted molar refractivity (Wildman–Crippen MR) is 80.6 cm³/mol. The molecule has 0 saturated carbocycles. The summed E-state index contributed by atoms with van der Waals surface area (Å²) in [6.45, 7) is 2.68. The van der Waals surface area contributed by atoms with Crippen molar-refractivity contribution < 1.29 is 19.0 Å². The van der Waals surface area contributed by atoms with Gasteiger partial charge in [0.2, 0.25) is 0 Å². The lowest BCUT2D eigenvalue weighted by Crippen LogP contribution is -2.25. The molecule has 2 aromatic rings. The number of aromatic nitrogens is 2. The van der Waals surface area contributed by atoms with E-state index in [2.05, 4.69) is 10.3 Å². The van der Waals surface area contributed by atoms with Gasteiger partial charge in [-0.3, -0.25) is 4.79 Å². The lowest BCUT2D eigenvalue weighted by molar-refractivity contribution is 0.0944. The molecule has 0 saturated heterocycles. The first kappa shape index (κ1) is 14.9. The summed E-state index contributed by atoms with van der Waals surface area (Å²) in [6.07, 6.45) is 3.46. The highest BCUT2D eigenvalue weighted by molar-refractivity contribution is 7.12. The van der Waals surface area contributed by atoms with Crippen molar-refractivity contribution in [2.24, 2.45) is 0 Å². The van der Waals surface area contributed by atoms with Crippen LogP contribution in [0.2, 0.25) is 0 Å². The van der Waals surface area contributed by atoms with Crippen LogP contribution in [-0.4, -0.2) is 42.4 Å². The number of hydrogen-bond acceptors (Lipinski definition) is 6. The topological polar surface area (TPSA) is 74.6 Å². The van der Waals surface area contributed by atoms with Crippen LogP contribution in [0.5, 0.6) is 11.5 Å². The number of hydrogen-bond donors (Lipinski definition) is 1. The predicted octanol–water partition coefficient (Wildman–Crippen LogP) is 1.29. The van der Waals surface area contributed by atoms with Crippen LogP contribution in [0.25, 0.3) is 0 Å². The molecule has 0 unspecified atom stereocenters. The van der Waals surface area contributed by atoms with Gasteiger partial charge in [0.25, 0.3) is 5.91 Å². The summed E-state index contributed by atoms with van der Waals surface area (Å²) in [5.74, 6) is 1.02. The van der Waals surface area contributed by atoms with E-state index in [1.165, 1.54) is 11.3 Å². The van der Waals surface area contributed by atoms with E-state index in [-0.39, 0.29) is 5.91 Å². The zero-order chi connectivity index (χ0) is 15.4. The first-order valence-electron chi connectivity index (χ1n) is 6.93. The Balaban J connectivity index is 1.63. The summed E-state index contributed by atoms with van der Waals surface area (Å²) < 4.78 is 18.0. The minimum absolute atomic E-state index is 0.170. The maximum atomic E-state index is 12.3. The summed E-state index contributed by atoms with van der Waals surface area (Å²) in [7, 11) is 1.65. The largest absolute Gasteiger partial charge is 0.485 e. The van der Waals surface area contributed by atoms with E-state index < -0.39 is 0 Å². The molecule has 0 aliphatic carbocycles. The second-order valence-electron chi connectivity index (χ2n) is 4.71. The Kier molecular flexibility index (Phi) is 4.59. The number of rotatable bonds is 6. The van der Waals surface area contributed by atoms with Crippen molar-refractivity contribution in [2.75, 3.05) is 26.9 Å². The van der Waals surface area contributed by atoms with Gasteiger partial charge in [0, 0.05) is 25.2 Å². The third kappa shape index (κ3) is 3.07. The molecule has 0 radical (unpaired) electrons. The Hall–Kier alpha value is -2.06. The molecule has 1 aliphatic heterocycles. The number of amides is 1. The van der Waals surface area contributed by atoms with E-state index >= 15 is 0 Å². The molecule has 118 valence electrons. The number of thiophene rings is 1. The van der Waals surface area contributed by atoms with Crippen molar-refractivity contribution in [3.05, 3.63) is 28.5 Å². The molecule has 22 heavy (non-hydrogen) atoms. The minimum atomic E-state index is -0.170. The van der Waals surface area contributed by atoms with Crippen molar-refractivity contribution in [1.29, 1.82) is 0 Å². The standard InChI is InChI=1S/C14H17N3O4S/c1-19-3-2-17-9-15-6-10(17)7-16-14(18)13-12-11(8-22-13)20-4-5-21-12/h6,8-9H,2-5,7H2,1H3,(H,16,18). The average Bonchev–Trinajstić information content (AvgIpc) is 3.17. The van der Waals surface area contributed by atoms with E-state index in [1.807, 2.05) is 4.57 Å². The van der Waals surface area contributed by atoms with Crippen molar-refractivity contribution in [3.63, 3.8) is 0 Å². The molecule has 0 fully saturated rings. The van der Waals surface area contributed by atoms with E-state index in [9.17, 15) is 4.79 Å². The van der Waals surface area contributed by atoms with Crippen LogP contribution in [0.15, 0.2) is 17.9 Å². The van der Waals surface area contributed by atoms with E-state index in [0.717, 1.165) is 5.69 Å². The fourth-order valence-corrected chi connectivity index (χ4v) is 3.00. The quantitative estimate of drug-likeness (QED) is 0.867. The first-order chi connectivity index (χ1) is 10.8. The molecular weight excluding hydrogens is 306 g/mol. The van der Waals surface area contributed by atoms with Gasteiger partial charge in [-0.2, -0.15) is 0 Å². The maximum Gasteiger partial charge on any atom is 0.265 e. The van der Waals surface area contributed by atoms with E-state index in [1.54, 1.807) is 25.0 Å². The van der Waals surface area contributed by atoms with Gasteiger partial charge in [0.15, 0.2) is 11.5 Å². The number of methoxy groups -OCH3 is 1. The van der Waals surface area contributed by atoms with Crippen LogP contribution >= 0.6 is 11.3 Å². The lowest BCUT2D eigenvalue weighted by atomic mass is 10.3. The Morgan fingerprint density at radius 3 is 3.23 bits per heavy atom. The van der Waals surface area contributed by atoms with Crippen LogP contribution in [0, 0.1) is 0 Å². The number of nitrogens with zero attached hydrogens (tertiary/aromatic N) is 2. The van der Waals surface area contributed by atoms with Crippen LogP contribution < -0.4 is 14.8 Å². The Labute approximate surface area is 131 Å². The average molecular weight is 323 g/mol. The summed E-state index contributed by atoms with van der Waals surface area (Å²) in [5.41, 5.74) is 0.924. The van der Waals surface area contributed by atoms with Gasteiger partial charge in [0.05, 0.1) is 25.2 Å². The number of imidazole rings is 1. The zero-order valence-electron chi connectivity index (χ0n) is 12.2. The van der Waals surface area contributed by atoms with Crippen molar-refractivity contribution >= 4 is 17.2 Å². The summed E-state index contributed by atoms with van der Waals surface area (Å²) in [6, 6.07) is 0. The van der Waals surface area contributed by atoms with Crippen LogP contribution in [0.4, 0.5) is 0 Å². The van der Waals surface area contributed by atoms with Gasteiger partial charge >= 0.3 is 0 Å². The van der Waals surface area contributed by atoms with Crippen molar-refractivity contribution in [2.45, 2.75) is 13.1 Å². The second-order valence-corrected chi connectivity index (χ2v) is 5.59. The second kappa shape index (κ2) is 6.80. The molecule has 2 aromatic heterocycles. The molecule has 7 nitrogen and oxygen atoms in total. The fourth-order valence-electron chi connectivity index (χ4n) is 2.16. The molecule has 1 amide bonds. The molecule has 0 aromatic carbocycles. The highest BCUT2D eigenvalue weighted by Gasteiger charge is 2.23. The van der Waals surface area contributed by atoms with Crippen LogP contribution in [-0.2, 0) is 17.8 Å². The Morgan fingerprint density at radius 1 is 1.50 bits per heavy atom. The zero-order valence-corrected chi connectivity index (χ0v) is 13.0. The van der Waals surface area contributed by atoms with Gasteiger partial charge < -0.3 is 24.1 Å². The highest BCUT2D eigenvalue weighted by Crippen LogP contribution is 2.39. The number of ether oxygens (including phenoxy) is 3. The Bertz CT molecular complexity index is 652. The van der Waals surface area contributed by atoms with E-state index in [0.29, 0.717) is 49.3 Å². The number of carbonyl (C=O) groups is 1. The SMILES string of the molecule is COCCn1cncc1CNC(=O)c1scc2c1OCCO2. The molecule has 3 rings (SSSR count). The lowest BCUT2D eigenvalue weighted by Gasteiger charge is -2.16. The third-order valence-corrected chi connectivity index (χ3v) is 4.21. The molecule has 0 spiro atoms. The van der Waals surface area contributed by atoms with E-state index in [4.69, 9.17) is 14.2 Å². The molecule has 8 heteroatoms. The van der Waals surface area contributed by atoms with Crippen LogP contribution in [0.1, 0.15) is 15.4 Å². The molecular formula is C14H17N3O4S. The normalized spacial score (nSPS) is 13.1. The smallest absolute Gasteiger partial charge is 0.265 e. The monoisotopic (exact) mass is 323 g/mol. The number of carbonyl (C=O) groups excluding carboxylic acids is 1. The van der Waals surface area contributed by atoms with Gasteiger partial charge in [-0.15, -0.1) is 11.3 Å². The third-order valence-electron chi connectivity index (χ3n) is 3.27. The molecule has 1 aliphatic rings. The van der Waals surface area contributed by atoms with Crippen molar-refractivity contribution in [1.82, 2.24) is 14.9 Å². The van der Waals surface area contributed by atoms with Gasteiger partial charge in [0.1, 0.15) is 18.1 Å². The Morgan fingerprint density at radius 2 is 2.36 bits per heavy atom. The van der Waals surface area contributed by atoms with Gasteiger partial charge in [-0.05, 0) is 0 Å². The van der Waals surface area contributed by atoms with Gasteiger partial charge in [-0.25, -0.2) is 4.98 Å². The minimum Gasteiger partial charge on any atom is -0.485 e. The van der Waals surface area contributed by atoms with Crippen molar-refractivity contribution in [3.8, 4) is 11.5 Å². The summed E-state index contributed by atoms with van der Waals surface area (Å²) in [4.78, 5) is 16.9. The molecule has 1 N–H and O–H groups in total. The molecule has 0 bridgehead atoms. The van der Waals surface area contributed by atoms with Gasteiger partial charge in [-0.1, -0.05) is 0 Å². The fraction of sp³-hybridized carbons (Fsp3) is 0.429. The molecule has 0 atom stereocenters. The summed E-state index contributed by atoms with van der Waals surface area (Å²) in [5, 5.41) is 4.69. The van der Waals surface area contributed by atoms with Crippen LogP contribution in [0.3, 0.4) is 0 Å². The number of fused-ring (bicyclic) bond motifs is 1. The molecule has 3 heterocycles. The number of nitrogens with one attached hydrogen (secondary N) is 1. The maximum absolute atomic E-state index is 12.3. The highest BCUT2D eigenvalue weighted by atomic mass is 32.1.